The monoisotopic (exact) mass is 469 g/mol. The molecule has 1 aromatic heterocycles. The topological polar surface area (TPSA) is 91.9 Å². The molecule has 9 heteroatoms. The second kappa shape index (κ2) is 10.3. The lowest BCUT2D eigenvalue weighted by atomic mass is 10.1. The summed E-state index contributed by atoms with van der Waals surface area (Å²) in [6.45, 7) is 6.48. The van der Waals surface area contributed by atoms with Crippen molar-refractivity contribution in [3.63, 3.8) is 0 Å². The molecule has 0 fully saturated rings. The summed E-state index contributed by atoms with van der Waals surface area (Å²) in [6, 6.07) is 17.2. The van der Waals surface area contributed by atoms with Gasteiger partial charge in [-0.25, -0.2) is 8.42 Å². The number of sulfonamides is 1. The maximum Gasteiger partial charge on any atom is 0.243 e. The Hall–Kier alpha value is -2.67. The maximum atomic E-state index is 12.9. The van der Waals surface area contributed by atoms with Gasteiger partial charge in [0.25, 0.3) is 0 Å². The number of hydrogen-bond donors (Lipinski definition) is 0. The van der Waals surface area contributed by atoms with Gasteiger partial charge in [-0.2, -0.15) is 9.57 Å². The molecule has 1 unspecified atom stereocenters. The van der Waals surface area contributed by atoms with Crippen LogP contribution in [-0.2, 0) is 23.5 Å². The van der Waals surface area contributed by atoms with Crippen molar-refractivity contribution in [3.8, 4) is 17.5 Å². The molecule has 0 amide bonds. The zero-order valence-electron chi connectivity index (χ0n) is 18.7. The molecule has 2 aromatic carbocycles. The number of rotatable bonds is 9. The van der Waals surface area contributed by atoms with E-state index in [9.17, 15) is 13.7 Å². The molecule has 0 saturated carbocycles. The largest absolute Gasteiger partial charge is 0.305 e. The molecule has 0 aliphatic heterocycles. The molecule has 0 radical (unpaired) electrons. The number of aromatic nitrogens is 3. The molecule has 7 nitrogen and oxygen atoms in total. The lowest BCUT2D eigenvalue weighted by molar-refractivity contribution is 0.445. The van der Waals surface area contributed by atoms with Gasteiger partial charge in [0.15, 0.2) is 11.0 Å². The van der Waals surface area contributed by atoms with Gasteiger partial charge in [-0.1, -0.05) is 67.6 Å². The normalized spacial score (nSPS) is 12.6. The lowest BCUT2D eigenvalue weighted by Gasteiger charge is -2.18. The quantitative estimate of drug-likeness (QED) is 0.439. The molecule has 1 atom stereocenters. The zero-order chi connectivity index (χ0) is 23.3. The molecular weight excluding hydrogens is 442 g/mol. The standard InChI is InChI=1S/C23H27N5O2S2/c1-5-28(6-2)32(29,30)21-9-7-8-19(15-21)22-25-26-23(27(22)4)31-20(16-24)14-18-12-10-17(3)11-13-18/h7-13,15,20H,5-6,14H2,1-4H3. The average molecular weight is 470 g/mol. The van der Waals surface area contributed by atoms with E-state index in [1.54, 1.807) is 22.8 Å². The minimum absolute atomic E-state index is 0.227. The van der Waals surface area contributed by atoms with Crippen molar-refractivity contribution in [2.45, 2.75) is 42.5 Å². The van der Waals surface area contributed by atoms with Crippen molar-refractivity contribution in [2.24, 2.45) is 7.05 Å². The predicted molar refractivity (Wildman–Crippen MR) is 127 cm³/mol. The minimum atomic E-state index is -3.57. The van der Waals surface area contributed by atoms with Gasteiger partial charge in [-0.15, -0.1) is 10.2 Å². The van der Waals surface area contributed by atoms with E-state index in [2.05, 4.69) is 16.3 Å². The minimum Gasteiger partial charge on any atom is -0.305 e. The number of aryl methyl sites for hydroxylation is 1. The van der Waals surface area contributed by atoms with Gasteiger partial charge < -0.3 is 4.57 Å². The molecular formula is C23H27N5O2S2. The summed E-state index contributed by atoms with van der Waals surface area (Å²) >= 11 is 1.35. The van der Waals surface area contributed by atoms with E-state index >= 15 is 0 Å². The van der Waals surface area contributed by atoms with Crippen LogP contribution in [0.15, 0.2) is 58.6 Å². The van der Waals surface area contributed by atoms with E-state index in [1.165, 1.54) is 21.6 Å². The van der Waals surface area contributed by atoms with E-state index in [-0.39, 0.29) is 10.1 Å². The first kappa shape index (κ1) is 24.0. The highest BCUT2D eigenvalue weighted by Gasteiger charge is 2.23. The van der Waals surface area contributed by atoms with Crippen LogP contribution in [0.2, 0.25) is 0 Å². The molecule has 0 N–H and O–H groups in total. The second-order valence-corrected chi connectivity index (χ2v) is 10.5. The molecule has 32 heavy (non-hydrogen) atoms. The highest BCUT2D eigenvalue weighted by molar-refractivity contribution is 8.00. The smallest absolute Gasteiger partial charge is 0.243 e. The fraction of sp³-hybridized carbons (Fsp3) is 0.348. The SMILES string of the molecule is CCN(CC)S(=O)(=O)c1cccc(-c2nnc(SC(C#N)Cc3ccc(C)cc3)n2C)c1. The third-order valence-corrected chi connectivity index (χ3v) is 8.37. The molecule has 3 aromatic rings. The molecule has 3 rings (SSSR count). The number of nitriles is 1. The Bertz CT molecular complexity index is 1210. The molecule has 0 aliphatic carbocycles. The van der Waals surface area contributed by atoms with Crippen LogP contribution in [0.4, 0.5) is 0 Å². The van der Waals surface area contributed by atoms with Crippen LogP contribution >= 0.6 is 11.8 Å². The van der Waals surface area contributed by atoms with Gasteiger partial charge in [0, 0.05) is 25.7 Å². The van der Waals surface area contributed by atoms with Crippen LogP contribution < -0.4 is 0 Å². The van der Waals surface area contributed by atoms with Gasteiger partial charge in [-0.05, 0) is 31.0 Å². The predicted octanol–water partition coefficient (Wildman–Crippen LogP) is 4.05. The highest BCUT2D eigenvalue weighted by Crippen LogP contribution is 2.29. The van der Waals surface area contributed by atoms with Crippen molar-refractivity contribution in [1.82, 2.24) is 19.1 Å². The van der Waals surface area contributed by atoms with Crippen molar-refractivity contribution in [2.75, 3.05) is 13.1 Å². The van der Waals surface area contributed by atoms with Gasteiger partial charge in [0.2, 0.25) is 10.0 Å². The Morgan fingerprint density at radius 3 is 2.44 bits per heavy atom. The molecule has 0 spiro atoms. The van der Waals surface area contributed by atoms with Crippen molar-refractivity contribution in [3.05, 3.63) is 59.7 Å². The first-order chi connectivity index (χ1) is 15.3. The molecule has 0 saturated heterocycles. The molecule has 0 aliphatic rings. The summed E-state index contributed by atoms with van der Waals surface area (Å²) in [5, 5.41) is 18.5. The van der Waals surface area contributed by atoms with Crippen molar-refractivity contribution in [1.29, 1.82) is 5.26 Å². The van der Waals surface area contributed by atoms with Gasteiger partial charge in [-0.3, -0.25) is 0 Å². The van der Waals surface area contributed by atoms with Crippen LogP contribution in [0, 0.1) is 18.3 Å². The summed E-state index contributed by atoms with van der Waals surface area (Å²) in [4.78, 5) is 0.227. The fourth-order valence-corrected chi connectivity index (χ4v) is 5.78. The summed E-state index contributed by atoms with van der Waals surface area (Å²) in [6.07, 6.45) is 0.598. The third-order valence-electron chi connectivity index (χ3n) is 5.20. The summed E-state index contributed by atoms with van der Waals surface area (Å²) in [7, 11) is -1.75. The highest BCUT2D eigenvalue weighted by atomic mass is 32.2. The van der Waals surface area contributed by atoms with Crippen LogP contribution in [0.1, 0.15) is 25.0 Å². The summed E-state index contributed by atoms with van der Waals surface area (Å²) in [5.74, 6) is 0.552. The Balaban J connectivity index is 1.84. The van der Waals surface area contributed by atoms with Gasteiger partial charge in [0.05, 0.1) is 11.0 Å². The van der Waals surface area contributed by atoms with Crippen LogP contribution in [-0.4, -0.2) is 45.8 Å². The van der Waals surface area contributed by atoms with E-state index in [1.807, 2.05) is 58.2 Å². The molecule has 0 bridgehead atoms. The average Bonchev–Trinajstić information content (AvgIpc) is 3.15. The zero-order valence-corrected chi connectivity index (χ0v) is 20.3. The first-order valence-electron chi connectivity index (χ1n) is 10.4. The van der Waals surface area contributed by atoms with Crippen molar-refractivity contribution < 1.29 is 8.42 Å². The molecule has 1 heterocycles. The second-order valence-electron chi connectivity index (χ2n) is 7.41. The van der Waals surface area contributed by atoms with E-state index in [0.29, 0.717) is 36.1 Å². The van der Waals surface area contributed by atoms with E-state index in [0.717, 1.165) is 5.56 Å². The van der Waals surface area contributed by atoms with E-state index in [4.69, 9.17) is 0 Å². The maximum absolute atomic E-state index is 12.9. The van der Waals surface area contributed by atoms with Crippen LogP contribution in [0.3, 0.4) is 0 Å². The summed E-state index contributed by atoms with van der Waals surface area (Å²) in [5.41, 5.74) is 2.93. The lowest BCUT2D eigenvalue weighted by Crippen LogP contribution is -2.30. The number of nitrogens with zero attached hydrogens (tertiary/aromatic N) is 5. The first-order valence-corrected chi connectivity index (χ1v) is 12.7. The Labute approximate surface area is 194 Å². The van der Waals surface area contributed by atoms with Crippen LogP contribution in [0.5, 0.6) is 0 Å². The Morgan fingerprint density at radius 1 is 1.12 bits per heavy atom. The van der Waals surface area contributed by atoms with Crippen LogP contribution in [0.25, 0.3) is 11.4 Å². The fourth-order valence-electron chi connectivity index (χ4n) is 3.36. The number of hydrogen-bond acceptors (Lipinski definition) is 6. The van der Waals surface area contributed by atoms with Crippen molar-refractivity contribution >= 4 is 21.8 Å². The van der Waals surface area contributed by atoms with E-state index < -0.39 is 10.0 Å². The summed E-state index contributed by atoms with van der Waals surface area (Å²) < 4.78 is 29.0. The number of thioether (sulfide) groups is 1. The van der Waals surface area contributed by atoms with Gasteiger partial charge >= 0.3 is 0 Å². The Kier molecular flexibility index (Phi) is 7.72. The van der Waals surface area contributed by atoms with Gasteiger partial charge in [0.1, 0.15) is 5.25 Å². The number of benzene rings is 2. The third kappa shape index (κ3) is 5.21. The Morgan fingerprint density at radius 2 is 1.81 bits per heavy atom. The molecule has 168 valence electrons.